The molecule has 0 unspecified atom stereocenters. The Morgan fingerprint density at radius 1 is 1.07 bits per heavy atom. The number of pyridine rings is 1. The van der Waals surface area contributed by atoms with Gasteiger partial charge in [-0.05, 0) is 45.0 Å². The van der Waals surface area contributed by atoms with E-state index in [1.54, 1.807) is 19.4 Å². The molecular formula is C21H28N4O2. The molecule has 2 aromatic rings. The third kappa shape index (κ3) is 4.70. The zero-order valence-corrected chi connectivity index (χ0v) is 16.5. The molecule has 3 rings (SSSR count). The van der Waals surface area contributed by atoms with Crippen molar-refractivity contribution in [1.82, 2.24) is 10.3 Å². The van der Waals surface area contributed by atoms with E-state index in [-0.39, 0.29) is 11.4 Å². The molecule has 1 saturated heterocycles. The second-order valence-electron chi connectivity index (χ2n) is 7.75. The number of nitrogens with one attached hydrogen (secondary N) is 1. The highest BCUT2D eigenvalue weighted by molar-refractivity contribution is 5.95. The van der Waals surface area contributed by atoms with Crippen molar-refractivity contribution in [3.8, 4) is 5.75 Å². The zero-order chi connectivity index (χ0) is 19.4. The van der Waals surface area contributed by atoms with E-state index in [4.69, 9.17) is 4.74 Å². The van der Waals surface area contributed by atoms with Gasteiger partial charge in [-0.25, -0.2) is 4.98 Å². The first-order valence-corrected chi connectivity index (χ1v) is 9.29. The molecule has 0 spiro atoms. The fourth-order valence-electron chi connectivity index (χ4n) is 3.21. The largest absolute Gasteiger partial charge is 0.495 e. The molecule has 2 heterocycles. The van der Waals surface area contributed by atoms with Crippen LogP contribution in [0, 0.1) is 0 Å². The van der Waals surface area contributed by atoms with E-state index in [2.05, 4.69) is 26.2 Å². The summed E-state index contributed by atoms with van der Waals surface area (Å²) in [6.07, 6.45) is 1.71. The van der Waals surface area contributed by atoms with Gasteiger partial charge in [0.1, 0.15) is 11.6 Å². The molecule has 1 amide bonds. The highest BCUT2D eigenvalue weighted by atomic mass is 16.5. The van der Waals surface area contributed by atoms with Gasteiger partial charge in [0.05, 0.1) is 12.8 Å². The maximum Gasteiger partial charge on any atom is 0.251 e. The van der Waals surface area contributed by atoms with Crippen LogP contribution in [0.3, 0.4) is 0 Å². The number of carbonyl (C=O) groups is 1. The molecule has 144 valence electrons. The average Bonchev–Trinajstić information content (AvgIpc) is 2.67. The minimum absolute atomic E-state index is 0.0705. The summed E-state index contributed by atoms with van der Waals surface area (Å²) >= 11 is 0. The number of rotatable bonds is 4. The van der Waals surface area contributed by atoms with Crippen LogP contribution in [0.5, 0.6) is 5.75 Å². The summed E-state index contributed by atoms with van der Waals surface area (Å²) in [7, 11) is 1.70. The van der Waals surface area contributed by atoms with E-state index in [9.17, 15) is 4.79 Å². The molecule has 1 fully saturated rings. The summed E-state index contributed by atoms with van der Waals surface area (Å²) in [6.45, 7) is 9.37. The van der Waals surface area contributed by atoms with Gasteiger partial charge < -0.3 is 19.9 Å². The Labute approximate surface area is 161 Å². The lowest BCUT2D eigenvalue weighted by molar-refractivity contribution is 0.0919. The van der Waals surface area contributed by atoms with Crippen LogP contribution in [-0.4, -0.2) is 49.7 Å². The van der Waals surface area contributed by atoms with Crippen molar-refractivity contribution >= 4 is 17.4 Å². The number of methoxy groups -OCH3 is 1. The number of hydrogen-bond acceptors (Lipinski definition) is 5. The van der Waals surface area contributed by atoms with E-state index in [0.717, 1.165) is 43.4 Å². The average molecular weight is 368 g/mol. The van der Waals surface area contributed by atoms with Crippen molar-refractivity contribution < 1.29 is 9.53 Å². The highest BCUT2D eigenvalue weighted by Gasteiger charge is 2.22. The molecule has 0 bridgehead atoms. The Hall–Kier alpha value is -2.76. The standard InChI is InChI=1S/C21H28N4O2/c1-21(2,3)23-20(26)16-9-10-22-19(15-16)25-13-11-24(12-14-25)17-7-5-6-8-18(17)27-4/h5-10,15H,11-14H2,1-4H3,(H,23,26). The Bertz CT molecular complexity index is 793. The highest BCUT2D eigenvalue weighted by Crippen LogP contribution is 2.29. The van der Waals surface area contributed by atoms with Crippen molar-refractivity contribution in [3.05, 3.63) is 48.2 Å². The van der Waals surface area contributed by atoms with Crippen molar-refractivity contribution in [2.24, 2.45) is 0 Å². The normalized spacial score (nSPS) is 14.8. The Morgan fingerprint density at radius 3 is 2.41 bits per heavy atom. The maximum absolute atomic E-state index is 12.4. The third-order valence-electron chi connectivity index (χ3n) is 4.53. The van der Waals surface area contributed by atoms with Crippen LogP contribution in [0.25, 0.3) is 0 Å². The van der Waals surface area contributed by atoms with Gasteiger partial charge in [0, 0.05) is 43.5 Å². The summed E-state index contributed by atoms with van der Waals surface area (Å²) < 4.78 is 5.48. The number of piperazine rings is 1. The number of aromatic nitrogens is 1. The van der Waals surface area contributed by atoms with E-state index in [0.29, 0.717) is 5.56 Å². The molecule has 0 saturated carbocycles. The molecule has 6 heteroatoms. The Morgan fingerprint density at radius 2 is 1.74 bits per heavy atom. The number of benzene rings is 1. The summed E-state index contributed by atoms with van der Waals surface area (Å²) in [6, 6.07) is 11.7. The summed E-state index contributed by atoms with van der Waals surface area (Å²) in [5.74, 6) is 1.67. The minimum atomic E-state index is -0.263. The minimum Gasteiger partial charge on any atom is -0.495 e. The molecule has 1 aromatic carbocycles. The number of hydrogen-bond donors (Lipinski definition) is 1. The number of nitrogens with zero attached hydrogens (tertiary/aromatic N) is 3. The predicted octanol–water partition coefficient (Wildman–Crippen LogP) is 2.95. The van der Waals surface area contributed by atoms with Crippen LogP contribution in [0.2, 0.25) is 0 Å². The van der Waals surface area contributed by atoms with Crippen molar-refractivity contribution in [3.63, 3.8) is 0 Å². The third-order valence-corrected chi connectivity index (χ3v) is 4.53. The summed E-state index contributed by atoms with van der Waals surface area (Å²) in [4.78, 5) is 21.4. The smallest absolute Gasteiger partial charge is 0.251 e. The Kier molecular flexibility index (Phi) is 5.54. The van der Waals surface area contributed by atoms with Gasteiger partial charge in [0.2, 0.25) is 0 Å². The van der Waals surface area contributed by atoms with Gasteiger partial charge in [0.15, 0.2) is 0 Å². The van der Waals surface area contributed by atoms with Gasteiger partial charge in [-0.3, -0.25) is 4.79 Å². The fraction of sp³-hybridized carbons (Fsp3) is 0.429. The van der Waals surface area contributed by atoms with E-state index in [1.807, 2.05) is 45.0 Å². The molecule has 1 N–H and O–H groups in total. The van der Waals surface area contributed by atoms with Crippen LogP contribution in [-0.2, 0) is 0 Å². The lowest BCUT2D eigenvalue weighted by Gasteiger charge is -2.37. The fourth-order valence-corrected chi connectivity index (χ4v) is 3.21. The van der Waals surface area contributed by atoms with Crippen LogP contribution >= 0.6 is 0 Å². The first-order chi connectivity index (χ1) is 12.9. The molecule has 1 aliphatic rings. The number of carbonyl (C=O) groups excluding carboxylic acids is 1. The molecule has 0 aliphatic carbocycles. The van der Waals surface area contributed by atoms with Crippen LogP contribution in [0.4, 0.5) is 11.5 Å². The monoisotopic (exact) mass is 368 g/mol. The molecule has 1 aliphatic heterocycles. The second-order valence-corrected chi connectivity index (χ2v) is 7.75. The van der Waals surface area contributed by atoms with Crippen molar-refractivity contribution in [1.29, 1.82) is 0 Å². The number of ether oxygens (including phenoxy) is 1. The summed E-state index contributed by atoms with van der Waals surface area (Å²) in [5, 5.41) is 3.00. The lowest BCUT2D eigenvalue weighted by atomic mass is 10.1. The maximum atomic E-state index is 12.4. The number of amides is 1. The molecule has 0 radical (unpaired) electrons. The van der Waals surface area contributed by atoms with Gasteiger partial charge >= 0.3 is 0 Å². The quantitative estimate of drug-likeness (QED) is 0.899. The molecule has 6 nitrogen and oxygen atoms in total. The second kappa shape index (κ2) is 7.86. The molecule has 1 aromatic heterocycles. The SMILES string of the molecule is COc1ccccc1N1CCN(c2cc(C(=O)NC(C)(C)C)ccn2)CC1. The molecular weight excluding hydrogens is 340 g/mol. The van der Waals surface area contributed by atoms with Gasteiger partial charge in [0.25, 0.3) is 5.91 Å². The topological polar surface area (TPSA) is 57.7 Å². The predicted molar refractivity (Wildman–Crippen MR) is 109 cm³/mol. The van der Waals surface area contributed by atoms with Crippen LogP contribution < -0.4 is 19.9 Å². The molecule has 27 heavy (non-hydrogen) atoms. The van der Waals surface area contributed by atoms with Crippen molar-refractivity contribution in [2.45, 2.75) is 26.3 Å². The summed E-state index contributed by atoms with van der Waals surface area (Å²) in [5.41, 5.74) is 1.49. The van der Waals surface area contributed by atoms with Gasteiger partial charge in [-0.15, -0.1) is 0 Å². The van der Waals surface area contributed by atoms with Gasteiger partial charge in [-0.2, -0.15) is 0 Å². The lowest BCUT2D eigenvalue weighted by Crippen LogP contribution is -2.47. The van der Waals surface area contributed by atoms with E-state index in [1.165, 1.54) is 0 Å². The number of anilines is 2. The number of para-hydroxylation sites is 2. The van der Waals surface area contributed by atoms with Crippen LogP contribution in [0.15, 0.2) is 42.6 Å². The van der Waals surface area contributed by atoms with E-state index >= 15 is 0 Å². The zero-order valence-electron chi connectivity index (χ0n) is 16.5. The van der Waals surface area contributed by atoms with Crippen molar-refractivity contribution in [2.75, 3.05) is 43.1 Å². The molecule has 0 atom stereocenters. The van der Waals surface area contributed by atoms with E-state index < -0.39 is 0 Å². The Balaban J connectivity index is 1.68. The van der Waals surface area contributed by atoms with Gasteiger partial charge in [-0.1, -0.05) is 12.1 Å². The van der Waals surface area contributed by atoms with Crippen LogP contribution in [0.1, 0.15) is 31.1 Å². The first kappa shape index (κ1) is 19.0. The first-order valence-electron chi connectivity index (χ1n) is 9.29.